The zero-order chi connectivity index (χ0) is 14.5. The third-order valence-electron chi connectivity index (χ3n) is 3.93. The van der Waals surface area contributed by atoms with E-state index in [1.54, 1.807) is 0 Å². The number of hydrogen-bond donors (Lipinski definition) is 3. The summed E-state index contributed by atoms with van der Waals surface area (Å²) in [5, 5.41) is 10.2. The maximum atomic E-state index is 11.1. The number of amides is 1. The molecular formula is C15H23N3O2. The Morgan fingerprint density at radius 1 is 1.40 bits per heavy atom. The van der Waals surface area contributed by atoms with E-state index >= 15 is 0 Å². The van der Waals surface area contributed by atoms with Crippen LogP contribution in [0.3, 0.4) is 0 Å². The number of β-amino-alcohol motifs (C(OH)–C–C–N with tert-alkyl or cyclic N) is 1. The van der Waals surface area contributed by atoms with E-state index < -0.39 is 6.10 Å². The average Bonchev–Trinajstić information content (AvgIpc) is 2.88. The molecule has 0 aromatic heterocycles. The Labute approximate surface area is 119 Å². The summed E-state index contributed by atoms with van der Waals surface area (Å²) in [5.41, 5.74) is 12.5. The Bertz CT molecular complexity index is 438. The van der Waals surface area contributed by atoms with Gasteiger partial charge in [-0.1, -0.05) is 30.3 Å². The summed E-state index contributed by atoms with van der Waals surface area (Å²) in [6, 6.07) is 9.60. The second-order valence-corrected chi connectivity index (χ2v) is 5.57. The van der Waals surface area contributed by atoms with E-state index in [4.69, 9.17) is 11.5 Å². The minimum Gasteiger partial charge on any atom is -0.390 e. The first kappa shape index (κ1) is 15.0. The summed E-state index contributed by atoms with van der Waals surface area (Å²) < 4.78 is 0. The molecular weight excluding hydrogens is 254 g/mol. The largest absolute Gasteiger partial charge is 0.390 e. The molecule has 1 heterocycles. The highest BCUT2D eigenvalue weighted by Gasteiger charge is 2.28. The van der Waals surface area contributed by atoms with Gasteiger partial charge < -0.3 is 16.6 Å². The van der Waals surface area contributed by atoms with Gasteiger partial charge in [-0.3, -0.25) is 9.69 Å². The van der Waals surface area contributed by atoms with Crippen molar-refractivity contribution in [3.05, 3.63) is 35.9 Å². The number of benzene rings is 1. The topological polar surface area (TPSA) is 92.6 Å². The number of likely N-dealkylation sites (tertiary alicyclic amines) is 1. The number of aliphatic hydroxyl groups is 1. The highest BCUT2D eigenvalue weighted by Crippen LogP contribution is 2.16. The van der Waals surface area contributed by atoms with Crippen LogP contribution in [-0.4, -0.2) is 47.7 Å². The quantitative estimate of drug-likeness (QED) is 0.667. The first-order valence-corrected chi connectivity index (χ1v) is 7.05. The van der Waals surface area contributed by atoms with E-state index in [9.17, 15) is 9.90 Å². The molecule has 1 amide bonds. The van der Waals surface area contributed by atoms with Crippen molar-refractivity contribution in [2.45, 2.75) is 25.0 Å². The molecule has 1 aliphatic rings. The van der Waals surface area contributed by atoms with Crippen LogP contribution in [0, 0.1) is 5.92 Å². The van der Waals surface area contributed by atoms with E-state index in [1.807, 2.05) is 30.3 Å². The molecule has 0 spiro atoms. The smallest absolute Gasteiger partial charge is 0.221 e. The van der Waals surface area contributed by atoms with Gasteiger partial charge in [0.15, 0.2) is 0 Å². The van der Waals surface area contributed by atoms with Crippen molar-refractivity contribution in [1.29, 1.82) is 0 Å². The van der Waals surface area contributed by atoms with E-state index in [2.05, 4.69) is 4.90 Å². The summed E-state index contributed by atoms with van der Waals surface area (Å²) >= 11 is 0. The average molecular weight is 277 g/mol. The molecule has 5 N–H and O–H groups in total. The van der Waals surface area contributed by atoms with Gasteiger partial charge in [-0.15, -0.1) is 0 Å². The summed E-state index contributed by atoms with van der Waals surface area (Å²) in [5.74, 6) is -0.344. The predicted octanol–water partition coefficient (Wildman–Crippen LogP) is -0.275. The van der Waals surface area contributed by atoms with Crippen LogP contribution < -0.4 is 11.5 Å². The molecule has 1 aromatic carbocycles. The second-order valence-electron chi connectivity index (χ2n) is 5.57. The summed E-state index contributed by atoms with van der Waals surface area (Å²) in [6.45, 7) is 1.92. The number of carbonyl (C=O) groups excluding carboxylic acids is 1. The van der Waals surface area contributed by atoms with Crippen LogP contribution in [0.5, 0.6) is 0 Å². The second kappa shape index (κ2) is 6.83. The van der Waals surface area contributed by atoms with Crippen LogP contribution in [0.1, 0.15) is 12.0 Å². The van der Waals surface area contributed by atoms with Crippen molar-refractivity contribution in [1.82, 2.24) is 4.90 Å². The lowest BCUT2D eigenvalue weighted by Gasteiger charge is -2.24. The Morgan fingerprint density at radius 2 is 2.10 bits per heavy atom. The van der Waals surface area contributed by atoms with Crippen molar-refractivity contribution < 1.29 is 9.90 Å². The standard InChI is InChI=1S/C15H23N3O2/c16-13(8-11-4-2-1-3-5-11)14(19)10-18-7-6-12(9-18)15(17)20/h1-5,12-14,19H,6-10,16H2,(H2,17,20). The number of primary amides is 1. The number of aliphatic hydroxyl groups excluding tert-OH is 1. The first-order chi connectivity index (χ1) is 9.56. The Hall–Kier alpha value is -1.43. The zero-order valence-electron chi connectivity index (χ0n) is 11.6. The van der Waals surface area contributed by atoms with Gasteiger partial charge in [-0.2, -0.15) is 0 Å². The maximum absolute atomic E-state index is 11.1. The van der Waals surface area contributed by atoms with Crippen LogP contribution >= 0.6 is 0 Å². The molecule has 0 aliphatic carbocycles. The molecule has 1 saturated heterocycles. The maximum Gasteiger partial charge on any atom is 0.221 e. The van der Waals surface area contributed by atoms with Gasteiger partial charge in [-0.25, -0.2) is 0 Å². The Morgan fingerprint density at radius 3 is 2.70 bits per heavy atom. The monoisotopic (exact) mass is 277 g/mol. The van der Waals surface area contributed by atoms with Gasteiger partial charge in [0.1, 0.15) is 0 Å². The first-order valence-electron chi connectivity index (χ1n) is 7.05. The summed E-state index contributed by atoms with van der Waals surface area (Å²) in [6.07, 6.45) is 0.826. The molecule has 0 radical (unpaired) electrons. The minimum atomic E-state index is -0.596. The molecule has 3 atom stereocenters. The third-order valence-corrected chi connectivity index (χ3v) is 3.93. The Balaban J connectivity index is 1.80. The molecule has 1 fully saturated rings. The van der Waals surface area contributed by atoms with Gasteiger partial charge in [0.05, 0.1) is 12.0 Å². The predicted molar refractivity (Wildman–Crippen MR) is 77.9 cm³/mol. The van der Waals surface area contributed by atoms with E-state index in [-0.39, 0.29) is 17.9 Å². The van der Waals surface area contributed by atoms with Gasteiger partial charge in [0.25, 0.3) is 0 Å². The van der Waals surface area contributed by atoms with E-state index in [0.29, 0.717) is 19.5 Å². The fourth-order valence-electron chi connectivity index (χ4n) is 2.65. The van der Waals surface area contributed by atoms with E-state index in [0.717, 1.165) is 18.5 Å². The van der Waals surface area contributed by atoms with Gasteiger partial charge >= 0.3 is 0 Å². The molecule has 5 heteroatoms. The fourth-order valence-corrected chi connectivity index (χ4v) is 2.65. The summed E-state index contributed by atoms with van der Waals surface area (Å²) in [4.78, 5) is 13.2. The molecule has 5 nitrogen and oxygen atoms in total. The lowest BCUT2D eigenvalue weighted by molar-refractivity contribution is -0.121. The molecule has 1 aromatic rings. The number of hydrogen-bond acceptors (Lipinski definition) is 4. The zero-order valence-corrected chi connectivity index (χ0v) is 11.6. The van der Waals surface area contributed by atoms with Crippen molar-refractivity contribution in [2.24, 2.45) is 17.4 Å². The molecule has 3 unspecified atom stereocenters. The lowest BCUT2D eigenvalue weighted by atomic mass is 10.0. The normalized spacial score (nSPS) is 22.6. The summed E-state index contributed by atoms with van der Waals surface area (Å²) in [7, 11) is 0. The number of nitrogens with two attached hydrogens (primary N) is 2. The highest BCUT2D eigenvalue weighted by atomic mass is 16.3. The molecule has 110 valence electrons. The number of rotatable bonds is 6. The molecule has 0 bridgehead atoms. The highest BCUT2D eigenvalue weighted by molar-refractivity contribution is 5.77. The van der Waals surface area contributed by atoms with Crippen molar-refractivity contribution in [3.63, 3.8) is 0 Å². The van der Waals surface area contributed by atoms with Gasteiger partial charge in [0.2, 0.25) is 5.91 Å². The molecule has 0 saturated carbocycles. The lowest BCUT2D eigenvalue weighted by Crippen LogP contribution is -2.44. The van der Waals surface area contributed by atoms with Crippen LogP contribution in [0.2, 0.25) is 0 Å². The molecule has 2 rings (SSSR count). The van der Waals surface area contributed by atoms with Crippen molar-refractivity contribution >= 4 is 5.91 Å². The minimum absolute atomic E-state index is 0.0902. The molecule has 20 heavy (non-hydrogen) atoms. The van der Waals surface area contributed by atoms with E-state index in [1.165, 1.54) is 0 Å². The van der Waals surface area contributed by atoms with Crippen LogP contribution in [0.4, 0.5) is 0 Å². The SMILES string of the molecule is NC(=O)C1CCN(CC(O)C(N)Cc2ccccc2)C1. The van der Waals surface area contributed by atoms with Crippen LogP contribution in [-0.2, 0) is 11.2 Å². The van der Waals surface area contributed by atoms with Crippen LogP contribution in [0.15, 0.2) is 30.3 Å². The Kier molecular flexibility index (Phi) is 5.11. The number of nitrogens with zero attached hydrogens (tertiary/aromatic N) is 1. The van der Waals surface area contributed by atoms with Crippen LogP contribution in [0.25, 0.3) is 0 Å². The van der Waals surface area contributed by atoms with Crippen molar-refractivity contribution in [2.75, 3.05) is 19.6 Å². The third kappa shape index (κ3) is 4.03. The van der Waals surface area contributed by atoms with Crippen molar-refractivity contribution in [3.8, 4) is 0 Å². The molecule has 1 aliphatic heterocycles. The fraction of sp³-hybridized carbons (Fsp3) is 0.533. The van der Waals surface area contributed by atoms with Gasteiger partial charge in [0, 0.05) is 19.1 Å². The number of carbonyl (C=O) groups is 1. The van der Waals surface area contributed by atoms with Gasteiger partial charge in [-0.05, 0) is 24.9 Å².